The summed E-state index contributed by atoms with van der Waals surface area (Å²) in [6, 6.07) is 7.82. The molecule has 0 fully saturated rings. The number of hydrogen-bond acceptors (Lipinski definition) is 6. The minimum Gasteiger partial charge on any atom is -0.497 e. The number of hydrogen-bond donors (Lipinski definition) is 0. The third kappa shape index (κ3) is 2.85. The predicted octanol–water partition coefficient (Wildman–Crippen LogP) is 4.09. The van der Waals surface area contributed by atoms with Crippen LogP contribution in [0.15, 0.2) is 33.5 Å². The summed E-state index contributed by atoms with van der Waals surface area (Å²) in [6.07, 6.45) is 0. The fourth-order valence-corrected chi connectivity index (χ4v) is 3.64. The van der Waals surface area contributed by atoms with Gasteiger partial charge in [-0.3, -0.25) is 0 Å². The van der Waals surface area contributed by atoms with E-state index in [1.54, 1.807) is 21.1 Å². The van der Waals surface area contributed by atoms with Gasteiger partial charge in [-0.1, -0.05) is 0 Å². The Morgan fingerprint density at radius 2 is 1.61 bits per heavy atom. The van der Waals surface area contributed by atoms with Gasteiger partial charge in [-0.2, -0.15) is 0 Å². The van der Waals surface area contributed by atoms with Gasteiger partial charge in [0.1, 0.15) is 22.8 Å². The lowest BCUT2D eigenvalue weighted by Gasteiger charge is -2.32. The zero-order valence-corrected chi connectivity index (χ0v) is 16.7. The van der Waals surface area contributed by atoms with E-state index in [2.05, 4.69) is 11.0 Å². The Bertz CT molecular complexity index is 1110. The summed E-state index contributed by atoms with van der Waals surface area (Å²) in [5.41, 5.74) is 4.74. The van der Waals surface area contributed by atoms with Crippen molar-refractivity contribution >= 4 is 16.7 Å². The highest BCUT2D eigenvalue weighted by Gasteiger charge is 2.24. The van der Waals surface area contributed by atoms with Crippen molar-refractivity contribution in [3.05, 3.63) is 56.9 Å². The Balaban J connectivity index is 1.81. The molecule has 6 nitrogen and oxygen atoms in total. The van der Waals surface area contributed by atoms with Crippen molar-refractivity contribution in [1.29, 1.82) is 0 Å². The van der Waals surface area contributed by atoms with Gasteiger partial charge < -0.3 is 23.5 Å². The first kappa shape index (κ1) is 18.2. The Hall–Kier alpha value is -3.15. The van der Waals surface area contributed by atoms with Crippen LogP contribution in [0.3, 0.4) is 0 Å². The number of benzene rings is 2. The van der Waals surface area contributed by atoms with Gasteiger partial charge in [-0.15, -0.1) is 0 Å². The number of aryl methyl sites for hydroxylation is 2. The molecule has 28 heavy (non-hydrogen) atoms. The average molecular weight is 381 g/mol. The summed E-state index contributed by atoms with van der Waals surface area (Å²) in [5, 5.41) is 0.946. The summed E-state index contributed by atoms with van der Waals surface area (Å²) in [4.78, 5) is 14.2. The van der Waals surface area contributed by atoms with Crippen LogP contribution in [0.1, 0.15) is 22.3 Å². The Labute approximate surface area is 163 Å². The molecular formula is C22H23NO5. The van der Waals surface area contributed by atoms with Crippen LogP contribution in [0.2, 0.25) is 0 Å². The van der Waals surface area contributed by atoms with Gasteiger partial charge in [0.05, 0.1) is 14.2 Å². The van der Waals surface area contributed by atoms with E-state index in [0.29, 0.717) is 24.4 Å². The number of rotatable bonds is 3. The molecule has 0 saturated carbocycles. The third-order valence-corrected chi connectivity index (χ3v) is 5.43. The first-order chi connectivity index (χ1) is 13.4. The van der Waals surface area contributed by atoms with Crippen molar-refractivity contribution in [2.75, 3.05) is 25.9 Å². The molecule has 0 unspecified atom stereocenters. The molecule has 6 heteroatoms. The molecule has 1 aliphatic rings. The van der Waals surface area contributed by atoms with Crippen LogP contribution in [0.25, 0.3) is 11.0 Å². The van der Waals surface area contributed by atoms with Gasteiger partial charge >= 0.3 is 5.63 Å². The second-order valence-electron chi connectivity index (χ2n) is 7.05. The minimum atomic E-state index is -0.297. The van der Waals surface area contributed by atoms with E-state index in [-0.39, 0.29) is 5.63 Å². The molecular weight excluding hydrogens is 358 g/mol. The van der Waals surface area contributed by atoms with Gasteiger partial charge in [0.15, 0.2) is 6.73 Å². The third-order valence-electron chi connectivity index (χ3n) is 5.43. The molecule has 0 amide bonds. The van der Waals surface area contributed by atoms with Gasteiger partial charge in [0, 0.05) is 52.5 Å². The molecule has 2 heterocycles. The molecule has 0 spiro atoms. The first-order valence-corrected chi connectivity index (χ1v) is 9.10. The molecule has 0 saturated heterocycles. The Kier molecular flexibility index (Phi) is 4.41. The summed E-state index contributed by atoms with van der Waals surface area (Å²) in [7, 11) is 3.27. The summed E-state index contributed by atoms with van der Waals surface area (Å²) < 4.78 is 22.4. The van der Waals surface area contributed by atoms with Crippen LogP contribution in [0.4, 0.5) is 5.69 Å². The molecule has 0 radical (unpaired) electrons. The summed E-state index contributed by atoms with van der Waals surface area (Å²) in [5.74, 6) is 2.23. The van der Waals surface area contributed by atoms with Crippen LogP contribution in [-0.4, -0.2) is 21.0 Å². The lowest BCUT2D eigenvalue weighted by atomic mass is 9.99. The lowest BCUT2D eigenvalue weighted by molar-refractivity contribution is 0.287. The van der Waals surface area contributed by atoms with Crippen LogP contribution >= 0.6 is 0 Å². The summed E-state index contributed by atoms with van der Waals surface area (Å²) >= 11 is 0. The number of ether oxygens (including phenoxy) is 3. The molecule has 1 aromatic heterocycles. The smallest absolute Gasteiger partial charge is 0.339 e. The maximum atomic E-state index is 12.1. The van der Waals surface area contributed by atoms with Crippen LogP contribution < -0.4 is 24.7 Å². The SMILES string of the molecule is COc1cc(OC)cc(N2COc3c(cc4c(C)c(C)c(=O)oc4c3C)C2)c1. The van der Waals surface area contributed by atoms with Crippen LogP contribution in [0, 0.1) is 20.8 Å². The van der Waals surface area contributed by atoms with E-state index in [0.717, 1.165) is 45.0 Å². The van der Waals surface area contributed by atoms with Crippen LogP contribution in [-0.2, 0) is 6.54 Å². The Morgan fingerprint density at radius 1 is 0.929 bits per heavy atom. The molecule has 0 bridgehead atoms. The van der Waals surface area contributed by atoms with Gasteiger partial charge in [-0.05, 0) is 32.4 Å². The predicted molar refractivity (Wildman–Crippen MR) is 108 cm³/mol. The largest absolute Gasteiger partial charge is 0.497 e. The molecule has 2 aromatic carbocycles. The molecule has 1 aliphatic heterocycles. The normalized spacial score (nSPS) is 13.2. The second kappa shape index (κ2) is 6.78. The fourth-order valence-electron chi connectivity index (χ4n) is 3.64. The van der Waals surface area contributed by atoms with Gasteiger partial charge in [0.2, 0.25) is 0 Å². The van der Waals surface area contributed by atoms with E-state index in [4.69, 9.17) is 18.6 Å². The monoisotopic (exact) mass is 381 g/mol. The Morgan fingerprint density at radius 3 is 2.25 bits per heavy atom. The van der Waals surface area contributed by atoms with E-state index >= 15 is 0 Å². The zero-order valence-electron chi connectivity index (χ0n) is 16.7. The van der Waals surface area contributed by atoms with Gasteiger partial charge in [-0.25, -0.2) is 4.79 Å². The second-order valence-corrected chi connectivity index (χ2v) is 7.05. The topological polar surface area (TPSA) is 61.1 Å². The van der Waals surface area contributed by atoms with Crippen molar-refractivity contribution in [3.63, 3.8) is 0 Å². The fraction of sp³-hybridized carbons (Fsp3) is 0.318. The lowest BCUT2D eigenvalue weighted by Crippen LogP contribution is -2.32. The van der Waals surface area contributed by atoms with Gasteiger partial charge in [0.25, 0.3) is 0 Å². The van der Waals surface area contributed by atoms with E-state index in [1.807, 2.05) is 32.0 Å². The first-order valence-electron chi connectivity index (χ1n) is 9.10. The molecule has 3 aromatic rings. The highest BCUT2D eigenvalue weighted by molar-refractivity contribution is 5.87. The van der Waals surface area contributed by atoms with E-state index < -0.39 is 0 Å². The number of fused-ring (bicyclic) bond motifs is 2. The van der Waals surface area contributed by atoms with E-state index in [1.165, 1.54) is 0 Å². The number of nitrogens with zero attached hydrogens (tertiary/aromatic N) is 1. The molecule has 0 N–H and O–H groups in total. The zero-order chi connectivity index (χ0) is 20.0. The molecule has 4 rings (SSSR count). The van der Waals surface area contributed by atoms with Crippen molar-refractivity contribution in [3.8, 4) is 17.2 Å². The van der Waals surface area contributed by atoms with Crippen molar-refractivity contribution in [2.45, 2.75) is 27.3 Å². The minimum absolute atomic E-state index is 0.297. The molecule has 146 valence electrons. The molecule has 0 aliphatic carbocycles. The highest BCUT2D eigenvalue weighted by atomic mass is 16.5. The maximum Gasteiger partial charge on any atom is 0.339 e. The average Bonchev–Trinajstić information content (AvgIpc) is 2.72. The highest BCUT2D eigenvalue weighted by Crippen LogP contribution is 2.38. The summed E-state index contributed by atoms with van der Waals surface area (Å²) in [6.45, 7) is 6.73. The van der Waals surface area contributed by atoms with E-state index in [9.17, 15) is 4.79 Å². The maximum absolute atomic E-state index is 12.1. The standard InChI is InChI=1S/C22H23NO5/c1-12-13(2)22(24)28-21-14(3)20-15(6-19(12)21)10-23(11-27-20)16-7-17(25-4)9-18(8-16)26-5/h6-9H,10-11H2,1-5H3. The quantitative estimate of drug-likeness (QED) is 0.637. The number of anilines is 1. The number of methoxy groups -OCH3 is 2. The molecule has 0 atom stereocenters. The van der Waals surface area contributed by atoms with Crippen LogP contribution in [0.5, 0.6) is 17.2 Å². The van der Waals surface area contributed by atoms with Crippen molar-refractivity contribution < 1.29 is 18.6 Å². The van der Waals surface area contributed by atoms with Crippen molar-refractivity contribution in [2.24, 2.45) is 0 Å². The van der Waals surface area contributed by atoms with Crippen molar-refractivity contribution in [1.82, 2.24) is 0 Å².